The van der Waals surface area contributed by atoms with Crippen LogP contribution in [0.1, 0.15) is 17.3 Å². The lowest BCUT2D eigenvalue weighted by atomic mass is 10.1. The van der Waals surface area contributed by atoms with Crippen molar-refractivity contribution in [3.63, 3.8) is 0 Å². The third kappa shape index (κ3) is 3.97. The number of methoxy groups -OCH3 is 1. The van der Waals surface area contributed by atoms with Crippen LogP contribution in [0.4, 0.5) is 5.69 Å². The Morgan fingerprint density at radius 2 is 1.77 bits per heavy atom. The Balaban J connectivity index is 1.74. The molecule has 6 nitrogen and oxygen atoms in total. The highest BCUT2D eigenvalue weighted by atomic mass is 16.5. The molecule has 3 aromatic rings. The highest BCUT2D eigenvalue weighted by Gasteiger charge is 2.12. The predicted molar refractivity (Wildman–Crippen MR) is 99.6 cm³/mol. The molecule has 0 saturated heterocycles. The largest absolute Gasteiger partial charge is 0.493 e. The Morgan fingerprint density at radius 3 is 2.42 bits per heavy atom. The molecule has 0 spiro atoms. The van der Waals surface area contributed by atoms with Gasteiger partial charge < -0.3 is 14.8 Å². The predicted octanol–water partition coefficient (Wildman–Crippen LogP) is 3.80. The van der Waals surface area contributed by atoms with Crippen LogP contribution in [0.5, 0.6) is 11.6 Å². The van der Waals surface area contributed by atoms with Crippen molar-refractivity contribution in [2.75, 3.05) is 19.0 Å². The molecule has 1 N–H and O–H groups in total. The Bertz CT molecular complexity index is 878. The lowest BCUT2D eigenvalue weighted by molar-refractivity contribution is 0.102. The molecule has 1 amide bonds. The monoisotopic (exact) mass is 349 g/mol. The van der Waals surface area contributed by atoms with Crippen molar-refractivity contribution >= 4 is 11.6 Å². The van der Waals surface area contributed by atoms with Crippen LogP contribution < -0.4 is 14.8 Å². The van der Waals surface area contributed by atoms with Crippen molar-refractivity contribution in [1.29, 1.82) is 0 Å². The summed E-state index contributed by atoms with van der Waals surface area (Å²) in [4.78, 5) is 12.5. The molecule has 1 aromatic heterocycles. The molecule has 0 aliphatic heterocycles. The van der Waals surface area contributed by atoms with Gasteiger partial charge in [-0.3, -0.25) is 4.79 Å². The van der Waals surface area contributed by atoms with Crippen LogP contribution in [0.15, 0.2) is 60.7 Å². The normalized spacial score (nSPS) is 10.2. The van der Waals surface area contributed by atoms with E-state index in [1.54, 1.807) is 25.3 Å². The van der Waals surface area contributed by atoms with E-state index in [9.17, 15) is 4.79 Å². The van der Waals surface area contributed by atoms with E-state index in [1.165, 1.54) is 0 Å². The Labute approximate surface area is 151 Å². The van der Waals surface area contributed by atoms with Crippen LogP contribution in [0, 0.1) is 0 Å². The summed E-state index contributed by atoms with van der Waals surface area (Å²) in [5, 5.41) is 10.9. The average molecular weight is 349 g/mol. The van der Waals surface area contributed by atoms with Crippen LogP contribution in [-0.4, -0.2) is 29.8 Å². The Kier molecular flexibility index (Phi) is 5.43. The number of hydrogen-bond acceptors (Lipinski definition) is 5. The number of carbonyl (C=O) groups excluding carboxylic acids is 1. The van der Waals surface area contributed by atoms with Crippen molar-refractivity contribution in [3.8, 4) is 22.9 Å². The zero-order chi connectivity index (χ0) is 18.4. The fourth-order valence-electron chi connectivity index (χ4n) is 2.44. The van der Waals surface area contributed by atoms with E-state index in [0.717, 1.165) is 11.3 Å². The van der Waals surface area contributed by atoms with Gasteiger partial charge in [0.1, 0.15) is 5.75 Å². The molecule has 1 heterocycles. The number of hydrogen-bond donors (Lipinski definition) is 1. The van der Waals surface area contributed by atoms with Gasteiger partial charge in [-0.1, -0.05) is 24.3 Å². The van der Waals surface area contributed by atoms with Crippen molar-refractivity contribution in [2.24, 2.45) is 0 Å². The molecule has 0 unspecified atom stereocenters. The number of nitrogens with zero attached hydrogens (tertiary/aromatic N) is 2. The maximum Gasteiger partial charge on any atom is 0.259 e. The van der Waals surface area contributed by atoms with Crippen molar-refractivity contribution in [3.05, 3.63) is 66.2 Å². The van der Waals surface area contributed by atoms with Gasteiger partial charge >= 0.3 is 0 Å². The number of rotatable bonds is 6. The van der Waals surface area contributed by atoms with E-state index >= 15 is 0 Å². The highest BCUT2D eigenvalue weighted by Crippen LogP contribution is 2.22. The van der Waals surface area contributed by atoms with Gasteiger partial charge in [-0.05, 0) is 37.3 Å². The van der Waals surface area contributed by atoms with Crippen molar-refractivity contribution < 1.29 is 14.3 Å². The zero-order valence-corrected chi connectivity index (χ0v) is 14.6. The van der Waals surface area contributed by atoms with E-state index in [1.807, 2.05) is 49.4 Å². The molecule has 6 heteroatoms. The summed E-state index contributed by atoms with van der Waals surface area (Å²) in [7, 11) is 1.55. The van der Waals surface area contributed by atoms with Gasteiger partial charge in [0, 0.05) is 17.3 Å². The molecule has 132 valence electrons. The number of aromatic nitrogens is 2. The van der Waals surface area contributed by atoms with Gasteiger partial charge in [0.05, 0.1) is 25.0 Å². The number of anilines is 1. The van der Waals surface area contributed by atoms with Crippen molar-refractivity contribution in [2.45, 2.75) is 6.92 Å². The summed E-state index contributed by atoms with van der Waals surface area (Å²) in [5.41, 5.74) is 2.81. The van der Waals surface area contributed by atoms with Crippen LogP contribution in [0.3, 0.4) is 0 Å². The summed E-state index contributed by atoms with van der Waals surface area (Å²) in [6.07, 6.45) is 0. The Morgan fingerprint density at radius 1 is 1.00 bits per heavy atom. The lowest BCUT2D eigenvalue weighted by Gasteiger charge is -2.10. The van der Waals surface area contributed by atoms with E-state index in [4.69, 9.17) is 9.47 Å². The van der Waals surface area contributed by atoms with Crippen LogP contribution in [0.25, 0.3) is 11.3 Å². The molecule has 2 aromatic carbocycles. The number of carbonyl (C=O) groups is 1. The number of amides is 1. The maximum atomic E-state index is 12.5. The second-order valence-corrected chi connectivity index (χ2v) is 5.42. The van der Waals surface area contributed by atoms with E-state index in [2.05, 4.69) is 15.5 Å². The van der Waals surface area contributed by atoms with Gasteiger partial charge in [-0.15, -0.1) is 10.2 Å². The van der Waals surface area contributed by atoms with E-state index < -0.39 is 0 Å². The molecular weight excluding hydrogens is 330 g/mol. The fraction of sp³-hybridized carbons (Fsp3) is 0.150. The average Bonchev–Trinajstić information content (AvgIpc) is 2.69. The number of ether oxygens (including phenoxy) is 2. The summed E-state index contributed by atoms with van der Waals surface area (Å²) < 4.78 is 10.5. The first kappa shape index (κ1) is 17.4. The second kappa shape index (κ2) is 8.11. The molecule has 0 radical (unpaired) electrons. The first-order valence-electron chi connectivity index (χ1n) is 8.22. The SMILES string of the molecule is CCOc1ccccc1C(=O)Nc1ccc(-c2ccc(OC)nn2)cc1. The molecule has 0 saturated carbocycles. The van der Waals surface area contributed by atoms with Crippen LogP contribution in [-0.2, 0) is 0 Å². The van der Waals surface area contributed by atoms with Gasteiger partial charge in [-0.25, -0.2) is 0 Å². The standard InChI is InChI=1S/C20H19N3O3/c1-3-26-18-7-5-4-6-16(18)20(24)21-15-10-8-14(9-11-15)17-12-13-19(25-2)23-22-17/h4-13H,3H2,1-2H3,(H,21,24). The second-order valence-electron chi connectivity index (χ2n) is 5.42. The fourth-order valence-corrected chi connectivity index (χ4v) is 2.44. The minimum Gasteiger partial charge on any atom is -0.493 e. The first-order chi connectivity index (χ1) is 12.7. The maximum absolute atomic E-state index is 12.5. The van der Waals surface area contributed by atoms with Gasteiger partial charge in [0.25, 0.3) is 5.91 Å². The molecule has 0 aliphatic carbocycles. The third-order valence-electron chi connectivity index (χ3n) is 3.72. The van der Waals surface area contributed by atoms with Crippen LogP contribution in [0.2, 0.25) is 0 Å². The Hall–Kier alpha value is -3.41. The quantitative estimate of drug-likeness (QED) is 0.733. The lowest BCUT2D eigenvalue weighted by Crippen LogP contribution is -2.13. The van der Waals surface area contributed by atoms with Crippen LogP contribution >= 0.6 is 0 Å². The molecule has 0 bridgehead atoms. The number of benzene rings is 2. The molecular formula is C20H19N3O3. The smallest absolute Gasteiger partial charge is 0.259 e. The first-order valence-corrected chi connectivity index (χ1v) is 8.22. The zero-order valence-electron chi connectivity index (χ0n) is 14.6. The summed E-state index contributed by atoms with van der Waals surface area (Å²) in [6.45, 7) is 2.39. The summed E-state index contributed by atoms with van der Waals surface area (Å²) in [6, 6.07) is 18.1. The van der Waals surface area contributed by atoms with E-state index in [0.29, 0.717) is 29.5 Å². The van der Waals surface area contributed by atoms with Crippen molar-refractivity contribution in [1.82, 2.24) is 10.2 Å². The minimum absolute atomic E-state index is 0.217. The van der Waals surface area contributed by atoms with E-state index in [-0.39, 0.29) is 5.91 Å². The minimum atomic E-state index is -0.217. The van der Waals surface area contributed by atoms with Gasteiger partial charge in [-0.2, -0.15) is 0 Å². The topological polar surface area (TPSA) is 73.3 Å². The third-order valence-corrected chi connectivity index (χ3v) is 3.72. The molecule has 26 heavy (non-hydrogen) atoms. The highest BCUT2D eigenvalue weighted by molar-refractivity contribution is 6.06. The van der Waals surface area contributed by atoms with Gasteiger partial charge in [0.15, 0.2) is 0 Å². The molecule has 0 aliphatic rings. The summed E-state index contributed by atoms with van der Waals surface area (Å²) >= 11 is 0. The number of para-hydroxylation sites is 1. The molecule has 0 atom stereocenters. The summed E-state index contributed by atoms with van der Waals surface area (Å²) in [5.74, 6) is 0.814. The molecule has 3 rings (SSSR count). The number of nitrogens with one attached hydrogen (secondary N) is 1. The van der Waals surface area contributed by atoms with Gasteiger partial charge in [0.2, 0.25) is 5.88 Å². The molecule has 0 fully saturated rings.